The number of halogens is 1. The Bertz CT molecular complexity index is 486. The third kappa shape index (κ3) is 3.37. The molecule has 0 aliphatic heterocycles. The average Bonchev–Trinajstić information content (AvgIpc) is 2.34. The predicted octanol–water partition coefficient (Wildman–Crippen LogP) is 1.94. The fourth-order valence-corrected chi connectivity index (χ4v) is 1.72. The van der Waals surface area contributed by atoms with E-state index in [2.05, 4.69) is 15.3 Å². The standard InChI is InChI=1S/C11H14ClN5O/c1-11(10(13)18,15-5-6-16-17-14)8-3-2-4-9(12)7-8/h2-4,7,15H,5-6H2,1H3,(H2,13,18). The number of carbonyl (C=O) groups is 1. The number of benzene rings is 1. The lowest BCUT2D eigenvalue weighted by Crippen LogP contribution is -2.51. The minimum Gasteiger partial charge on any atom is -0.368 e. The van der Waals surface area contributed by atoms with E-state index in [1.165, 1.54) is 0 Å². The summed E-state index contributed by atoms with van der Waals surface area (Å²) in [5.74, 6) is -0.522. The van der Waals surface area contributed by atoms with Gasteiger partial charge in [-0.2, -0.15) is 0 Å². The van der Waals surface area contributed by atoms with Crippen LogP contribution in [0.2, 0.25) is 5.02 Å². The zero-order valence-electron chi connectivity index (χ0n) is 9.93. The molecule has 18 heavy (non-hydrogen) atoms. The molecular formula is C11H14ClN5O. The molecule has 0 heterocycles. The second kappa shape index (κ2) is 6.26. The zero-order valence-corrected chi connectivity index (χ0v) is 10.7. The fourth-order valence-electron chi connectivity index (χ4n) is 1.53. The van der Waals surface area contributed by atoms with Crippen molar-refractivity contribution in [1.82, 2.24) is 5.32 Å². The van der Waals surface area contributed by atoms with Gasteiger partial charge in [0.05, 0.1) is 0 Å². The average molecular weight is 268 g/mol. The van der Waals surface area contributed by atoms with Crippen LogP contribution in [0.15, 0.2) is 29.4 Å². The van der Waals surface area contributed by atoms with Crippen molar-refractivity contribution in [3.63, 3.8) is 0 Å². The molecule has 1 aromatic carbocycles. The molecule has 0 bridgehead atoms. The monoisotopic (exact) mass is 267 g/mol. The summed E-state index contributed by atoms with van der Waals surface area (Å²) in [6.07, 6.45) is 0. The van der Waals surface area contributed by atoms with Crippen molar-refractivity contribution in [1.29, 1.82) is 0 Å². The Morgan fingerprint density at radius 1 is 1.67 bits per heavy atom. The van der Waals surface area contributed by atoms with Crippen molar-refractivity contribution < 1.29 is 4.79 Å². The van der Waals surface area contributed by atoms with Gasteiger partial charge in [0, 0.05) is 23.0 Å². The van der Waals surface area contributed by atoms with E-state index in [0.29, 0.717) is 17.1 Å². The van der Waals surface area contributed by atoms with Crippen LogP contribution in [0, 0.1) is 0 Å². The Morgan fingerprint density at radius 2 is 2.39 bits per heavy atom. The molecule has 1 rings (SSSR count). The van der Waals surface area contributed by atoms with Crippen LogP contribution in [-0.2, 0) is 10.3 Å². The molecule has 0 aromatic heterocycles. The highest BCUT2D eigenvalue weighted by atomic mass is 35.5. The van der Waals surface area contributed by atoms with E-state index < -0.39 is 11.4 Å². The molecule has 1 amide bonds. The Hall–Kier alpha value is -1.75. The summed E-state index contributed by atoms with van der Waals surface area (Å²) in [5, 5.41) is 6.89. The maximum Gasteiger partial charge on any atom is 0.242 e. The van der Waals surface area contributed by atoms with Crippen LogP contribution in [-0.4, -0.2) is 19.0 Å². The van der Waals surface area contributed by atoms with Crippen LogP contribution >= 0.6 is 11.6 Å². The molecule has 6 nitrogen and oxygen atoms in total. The minimum absolute atomic E-state index is 0.236. The first kappa shape index (κ1) is 14.3. The quantitative estimate of drug-likeness (QED) is 0.356. The number of hydrogen-bond donors (Lipinski definition) is 2. The van der Waals surface area contributed by atoms with Gasteiger partial charge in [0.15, 0.2) is 0 Å². The van der Waals surface area contributed by atoms with Crippen molar-refractivity contribution in [2.24, 2.45) is 10.8 Å². The van der Waals surface area contributed by atoms with Gasteiger partial charge in [-0.05, 0) is 30.2 Å². The number of primary amides is 1. The van der Waals surface area contributed by atoms with Crippen molar-refractivity contribution in [3.05, 3.63) is 45.3 Å². The van der Waals surface area contributed by atoms with E-state index in [9.17, 15) is 4.79 Å². The van der Waals surface area contributed by atoms with Crippen LogP contribution in [0.4, 0.5) is 0 Å². The Labute approximate surface area is 110 Å². The summed E-state index contributed by atoms with van der Waals surface area (Å²) < 4.78 is 0. The molecule has 0 fully saturated rings. The maximum atomic E-state index is 11.6. The lowest BCUT2D eigenvalue weighted by atomic mass is 9.91. The Morgan fingerprint density at radius 3 is 2.94 bits per heavy atom. The van der Waals surface area contributed by atoms with Crippen molar-refractivity contribution in [2.75, 3.05) is 13.1 Å². The smallest absolute Gasteiger partial charge is 0.242 e. The van der Waals surface area contributed by atoms with Gasteiger partial charge < -0.3 is 5.73 Å². The number of amides is 1. The molecular weight excluding hydrogens is 254 g/mol. The number of carbonyl (C=O) groups excluding carboxylic acids is 1. The fraction of sp³-hybridized carbons (Fsp3) is 0.364. The summed E-state index contributed by atoms with van der Waals surface area (Å²) in [6, 6.07) is 6.89. The SMILES string of the molecule is CC(NCCN=[N+]=[N-])(C(N)=O)c1cccc(Cl)c1. The summed E-state index contributed by atoms with van der Waals surface area (Å²) in [5.41, 5.74) is 13.2. The minimum atomic E-state index is -1.05. The zero-order chi connectivity index (χ0) is 13.6. The highest BCUT2D eigenvalue weighted by molar-refractivity contribution is 6.30. The second-order valence-electron chi connectivity index (χ2n) is 3.88. The molecule has 7 heteroatoms. The van der Waals surface area contributed by atoms with Crippen LogP contribution < -0.4 is 11.1 Å². The number of nitrogens with zero attached hydrogens (tertiary/aromatic N) is 3. The van der Waals surface area contributed by atoms with Gasteiger partial charge >= 0.3 is 0 Å². The number of nitrogens with two attached hydrogens (primary N) is 1. The molecule has 0 spiro atoms. The van der Waals surface area contributed by atoms with Gasteiger partial charge in [-0.1, -0.05) is 28.8 Å². The lowest BCUT2D eigenvalue weighted by molar-refractivity contribution is -0.124. The van der Waals surface area contributed by atoms with E-state index in [0.717, 1.165) is 0 Å². The number of nitrogens with one attached hydrogen (secondary N) is 1. The van der Waals surface area contributed by atoms with Gasteiger partial charge in [-0.15, -0.1) is 0 Å². The summed E-state index contributed by atoms with van der Waals surface area (Å²) in [7, 11) is 0. The van der Waals surface area contributed by atoms with Gasteiger partial charge in [0.2, 0.25) is 5.91 Å². The summed E-state index contributed by atoms with van der Waals surface area (Å²) in [6.45, 7) is 2.24. The van der Waals surface area contributed by atoms with E-state index >= 15 is 0 Å². The van der Waals surface area contributed by atoms with Crippen LogP contribution in [0.3, 0.4) is 0 Å². The molecule has 1 unspecified atom stereocenters. The first-order valence-electron chi connectivity index (χ1n) is 5.32. The van der Waals surface area contributed by atoms with Gasteiger partial charge in [0.25, 0.3) is 0 Å². The molecule has 1 aromatic rings. The normalized spacial score (nSPS) is 13.4. The highest BCUT2D eigenvalue weighted by Gasteiger charge is 2.32. The van der Waals surface area contributed by atoms with Gasteiger partial charge in [-0.3, -0.25) is 10.1 Å². The van der Waals surface area contributed by atoms with E-state index in [1.54, 1.807) is 31.2 Å². The highest BCUT2D eigenvalue weighted by Crippen LogP contribution is 2.23. The molecule has 3 N–H and O–H groups in total. The van der Waals surface area contributed by atoms with Crippen molar-refractivity contribution in [3.8, 4) is 0 Å². The van der Waals surface area contributed by atoms with Crippen LogP contribution in [0.25, 0.3) is 10.4 Å². The van der Waals surface area contributed by atoms with Crippen LogP contribution in [0.1, 0.15) is 12.5 Å². The third-order valence-corrected chi connectivity index (χ3v) is 2.88. The second-order valence-corrected chi connectivity index (χ2v) is 4.32. The molecule has 0 aliphatic rings. The van der Waals surface area contributed by atoms with Gasteiger partial charge in [-0.25, -0.2) is 0 Å². The predicted molar refractivity (Wildman–Crippen MR) is 70.0 cm³/mol. The first-order valence-corrected chi connectivity index (χ1v) is 5.70. The maximum absolute atomic E-state index is 11.6. The first-order chi connectivity index (χ1) is 8.50. The molecule has 96 valence electrons. The summed E-state index contributed by atoms with van der Waals surface area (Å²) in [4.78, 5) is 14.2. The number of rotatable bonds is 6. The van der Waals surface area contributed by atoms with E-state index in [1.807, 2.05) is 0 Å². The summed E-state index contributed by atoms with van der Waals surface area (Å²) >= 11 is 5.89. The number of hydrogen-bond acceptors (Lipinski definition) is 3. The molecule has 0 saturated carbocycles. The van der Waals surface area contributed by atoms with Crippen molar-refractivity contribution in [2.45, 2.75) is 12.5 Å². The van der Waals surface area contributed by atoms with E-state index in [4.69, 9.17) is 22.9 Å². The van der Waals surface area contributed by atoms with Crippen LogP contribution in [0.5, 0.6) is 0 Å². The lowest BCUT2D eigenvalue weighted by Gasteiger charge is -2.28. The van der Waals surface area contributed by atoms with Gasteiger partial charge in [0.1, 0.15) is 5.54 Å². The molecule has 0 saturated heterocycles. The molecule has 0 aliphatic carbocycles. The van der Waals surface area contributed by atoms with E-state index in [-0.39, 0.29) is 6.54 Å². The third-order valence-electron chi connectivity index (χ3n) is 2.65. The molecule has 0 radical (unpaired) electrons. The Balaban J connectivity index is 2.93. The van der Waals surface area contributed by atoms with Crippen molar-refractivity contribution >= 4 is 17.5 Å². The number of azide groups is 1. The largest absolute Gasteiger partial charge is 0.368 e. The molecule has 1 atom stereocenters. The topological polar surface area (TPSA) is 104 Å². The Kier molecular flexibility index (Phi) is 4.97.